The summed E-state index contributed by atoms with van der Waals surface area (Å²) in [7, 11) is 1.77. The van der Waals surface area contributed by atoms with Crippen molar-refractivity contribution in [2.45, 2.75) is 31.6 Å². The fraction of sp³-hybridized carbons (Fsp3) is 0.400. The summed E-state index contributed by atoms with van der Waals surface area (Å²) in [5.74, 6) is 0.248. The number of benzene rings is 1. The highest BCUT2D eigenvalue weighted by Crippen LogP contribution is 2.16. The van der Waals surface area contributed by atoms with Gasteiger partial charge < -0.3 is 4.90 Å². The molecule has 0 saturated carbocycles. The molecule has 23 heavy (non-hydrogen) atoms. The molecule has 0 saturated heterocycles. The zero-order valence-electron chi connectivity index (χ0n) is 13.1. The van der Waals surface area contributed by atoms with Gasteiger partial charge in [0.15, 0.2) is 5.16 Å². The maximum absolute atomic E-state index is 12.2. The molecule has 124 valence electrons. The van der Waals surface area contributed by atoms with Crippen molar-refractivity contribution in [3.8, 4) is 0 Å². The number of hydrogen-bond acceptors (Lipinski definition) is 4. The Morgan fingerprint density at radius 2 is 2.09 bits per heavy atom. The molecule has 0 aliphatic heterocycles. The highest BCUT2D eigenvalue weighted by atomic mass is 79.9. The first-order valence-corrected chi connectivity index (χ1v) is 9.05. The van der Waals surface area contributed by atoms with E-state index in [9.17, 15) is 9.59 Å². The first kappa shape index (κ1) is 17.8. The van der Waals surface area contributed by atoms with Crippen molar-refractivity contribution in [3.63, 3.8) is 0 Å². The zero-order valence-corrected chi connectivity index (χ0v) is 15.5. The van der Waals surface area contributed by atoms with Crippen molar-refractivity contribution in [1.29, 1.82) is 0 Å². The predicted molar refractivity (Wildman–Crippen MR) is 94.5 cm³/mol. The van der Waals surface area contributed by atoms with Crippen molar-refractivity contribution >= 4 is 33.6 Å². The Morgan fingerprint density at radius 1 is 1.39 bits per heavy atom. The van der Waals surface area contributed by atoms with Crippen LogP contribution in [0.1, 0.15) is 18.9 Å². The second kappa shape index (κ2) is 8.35. The van der Waals surface area contributed by atoms with E-state index in [1.165, 1.54) is 11.8 Å². The number of carbonyl (C=O) groups is 1. The molecule has 0 radical (unpaired) electrons. The van der Waals surface area contributed by atoms with Gasteiger partial charge in [0.2, 0.25) is 5.91 Å². The van der Waals surface area contributed by atoms with Crippen molar-refractivity contribution in [1.82, 2.24) is 19.7 Å². The smallest absolute Gasteiger partial charge is 0.341 e. The van der Waals surface area contributed by atoms with E-state index in [1.807, 2.05) is 31.2 Å². The third-order valence-corrected chi connectivity index (χ3v) is 4.74. The first-order chi connectivity index (χ1) is 11.0. The fourth-order valence-electron chi connectivity index (χ4n) is 2.02. The molecule has 2 aromatic rings. The molecule has 1 heterocycles. The van der Waals surface area contributed by atoms with Crippen LogP contribution >= 0.6 is 27.7 Å². The fourth-order valence-corrected chi connectivity index (χ4v) is 3.20. The van der Waals surface area contributed by atoms with Crippen LogP contribution in [0.2, 0.25) is 0 Å². The monoisotopic (exact) mass is 398 g/mol. The van der Waals surface area contributed by atoms with E-state index < -0.39 is 0 Å². The predicted octanol–water partition coefficient (Wildman–Crippen LogP) is 2.49. The zero-order chi connectivity index (χ0) is 16.8. The maximum atomic E-state index is 12.2. The topological polar surface area (TPSA) is 71.0 Å². The number of nitrogens with one attached hydrogen (secondary N) is 1. The van der Waals surface area contributed by atoms with Crippen LogP contribution in [0.5, 0.6) is 0 Å². The minimum Gasteiger partial charge on any atom is -0.341 e. The van der Waals surface area contributed by atoms with Crippen molar-refractivity contribution < 1.29 is 4.79 Å². The number of carbonyl (C=O) groups excluding carboxylic acids is 1. The minimum atomic E-state index is -0.231. The van der Waals surface area contributed by atoms with Crippen LogP contribution in [0.25, 0.3) is 0 Å². The molecule has 0 spiro atoms. The number of rotatable bonds is 7. The van der Waals surface area contributed by atoms with Crippen LogP contribution in [-0.4, -0.2) is 38.4 Å². The molecule has 6 nitrogen and oxygen atoms in total. The highest BCUT2D eigenvalue weighted by Gasteiger charge is 2.14. The summed E-state index contributed by atoms with van der Waals surface area (Å²) in [6.07, 6.45) is 0.838. The van der Waals surface area contributed by atoms with E-state index in [0.717, 1.165) is 16.5 Å². The Morgan fingerprint density at radius 3 is 2.74 bits per heavy atom. The second-order valence-corrected chi connectivity index (χ2v) is 6.99. The summed E-state index contributed by atoms with van der Waals surface area (Å²) < 4.78 is 2.57. The molecule has 0 aliphatic rings. The van der Waals surface area contributed by atoms with E-state index >= 15 is 0 Å². The summed E-state index contributed by atoms with van der Waals surface area (Å²) in [6.45, 7) is 3.14. The Balaban J connectivity index is 1.91. The lowest BCUT2D eigenvalue weighted by Crippen LogP contribution is -2.28. The number of hydrogen-bond donors (Lipinski definition) is 1. The van der Waals surface area contributed by atoms with Gasteiger partial charge in [-0.05, 0) is 24.1 Å². The highest BCUT2D eigenvalue weighted by molar-refractivity contribution is 9.10. The van der Waals surface area contributed by atoms with Gasteiger partial charge in [0.1, 0.15) is 0 Å². The molecule has 0 fully saturated rings. The third kappa shape index (κ3) is 4.97. The molecular weight excluding hydrogens is 380 g/mol. The van der Waals surface area contributed by atoms with Crippen LogP contribution in [0.3, 0.4) is 0 Å². The molecule has 8 heteroatoms. The number of H-pyrrole nitrogens is 1. The minimum absolute atomic E-state index is 0.00332. The van der Waals surface area contributed by atoms with Gasteiger partial charge in [-0.1, -0.05) is 46.7 Å². The normalized spacial score (nSPS) is 10.7. The van der Waals surface area contributed by atoms with Crippen LogP contribution < -0.4 is 5.69 Å². The lowest BCUT2D eigenvalue weighted by Gasteiger charge is -2.17. The van der Waals surface area contributed by atoms with E-state index in [2.05, 4.69) is 26.1 Å². The number of amides is 1. The number of aromatic nitrogens is 3. The quantitative estimate of drug-likeness (QED) is 0.727. The van der Waals surface area contributed by atoms with Crippen molar-refractivity contribution in [2.24, 2.45) is 0 Å². The SMILES string of the molecule is CCCn1c(SCC(=O)N(C)Cc2ccc(Br)cc2)n[nH]c1=O. The van der Waals surface area contributed by atoms with Crippen LogP contribution in [0, 0.1) is 0 Å². The lowest BCUT2D eigenvalue weighted by atomic mass is 10.2. The van der Waals surface area contributed by atoms with Crippen molar-refractivity contribution in [2.75, 3.05) is 12.8 Å². The maximum Gasteiger partial charge on any atom is 0.343 e. The van der Waals surface area contributed by atoms with Gasteiger partial charge in [0.05, 0.1) is 5.75 Å². The van der Waals surface area contributed by atoms with Gasteiger partial charge in [0, 0.05) is 24.6 Å². The van der Waals surface area contributed by atoms with Gasteiger partial charge in [-0.3, -0.25) is 9.36 Å². The van der Waals surface area contributed by atoms with Gasteiger partial charge in [-0.15, -0.1) is 5.10 Å². The summed E-state index contributed by atoms with van der Waals surface area (Å²) >= 11 is 4.67. The average Bonchev–Trinajstić information content (AvgIpc) is 2.88. The molecular formula is C15H19BrN4O2S. The number of halogens is 1. The standard InChI is InChI=1S/C15H19BrN4O2S/c1-3-8-20-14(22)17-18-15(20)23-10-13(21)19(2)9-11-4-6-12(16)7-5-11/h4-7H,3,8-10H2,1-2H3,(H,17,22). The van der Waals surface area contributed by atoms with Gasteiger partial charge in [-0.25, -0.2) is 9.89 Å². The average molecular weight is 399 g/mol. The Bertz CT molecular complexity index is 711. The molecule has 1 amide bonds. The lowest BCUT2D eigenvalue weighted by molar-refractivity contribution is -0.127. The summed E-state index contributed by atoms with van der Waals surface area (Å²) in [5, 5.41) is 6.96. The van der Waals surface area contributed by atoms with E-state index in [-0.39, 0.29) is 17.3 Å². The second-order valence-electron chi connectivity index (χ2n) is 5.13. The molecule has 0 aliphatic carbocycles. The molecule has 2 rings (SSSR count). The molecule has 1 aromatic heterocycles. The van der Waals surface area contributed by atoms with Gasteiger partial charge in [0.25, 0.3) is 0 Å². The summed E-state index contributed by atoms with van der Waals surface area (Å²) in [5.41, 5.74) is 0.835. The first-order valence-electron chi connectivity index (χ1n) is 7.27. The Labute approximate surface area is 147 Å². The third-order valence-electron chi connectivity index (χ3n) is 3.25. The number of thioether (sulfide) groups is 1. The summed E-state index contributed by atoms with van der Waals surface area (Å²) in [6, 6.07) is 7.87. The molecule has 0 bridgehead atoms. The Hall–Kier alpha value is -1.54. The number of nitrogens with zero attached hydrogens (tertiary/aromatic N) is 3. The van der Waals surface area contributed by atoms with Gasteiger partial charge >= 0.3 is 5.69 Å². The Kier molecular flexibility index (Phi) is 6.47. The largest absolute Gasteiger partial charge is 0.343 e. The van der Waals surface area contributed by atoms with Crippen LogP contribution in [0.15, 0.2) is 38.7 Å². The van der Waals surface area contributed by atoms with E-state index in [4.69, 9.17) is 0 Å². The molecule has 0 unspecified atom stereocenters. The summed E-state index contributed by atoms with van der Waals surface area (Å²) in [4.78, 5) is 25.5. The molecule has 1 N–H and O–H groups in total. The van der Waals surface area contributed by atoms with Gasteiger partial charge in [-0.2, -0.15) is 0 Å². The van der Waals surface area contributed by atoms with E-state index in [1.54, 1.807) is 16.5 Å². The molecule has 0 atom stereocenters. The van der Waals surface area contributed by atoms with Crippen LogP contribution in [-0.2, 0) is 17.9 Å². The van der Waals surface area contributed by atoms with Crippen molar-refractivity contribution in [3.05, 3.63) is 44.8 Å². The van der Waals surface area contributed by atoms with Crippen LogP contribution in [0.4, 0.5) is 0 Å². The molecule has 1 aromatic carbocycles. The number of aromatic amines is 1. The van der Waals surface area contributed by atoms with E-state index in [0.29, 0.717) is 18.2 Å².